The number of hydrogen-bond acceptors (Lipinski definition) is 3. The van der Waals surface area contributed by atoms with E-state index in [-0.39, 0.29) is 11.3 Å². The van der Waals surface area contributed by atoms with Gasteiger partial charge in [-0.25, -0.2) is 4.79 Å². The minimum atomic E-state index is -0.886. The van der Waals surface area contributed by atoms with Gasteiger partial charge in [0, 0.05) is 6.08 Å². The van der Waals surface area contributed by atoms with Gasteiger partial charge in [-0.3, -0.25) is 0 Å². The lowest BCUT2D eigenvalue weighted by molar-refractivity contribution is -0.164. The molecular formula is C20H32O4. The molecule has 0 heterocycles. The van der Waals surface area contributed by atoms with Crippen LogP contribution in [0.1, 0.15) is 66.2 Å². The molecule has 2 aliphatic carbocycles. The summed E-state index contributed by atoms with van der Waals surface area (Å²) in [7, 11) is 0. The average Bonchev–Trinajstić information content (AvgIpc) is 2.50. The summed E-state index contributed by atoms with van der Waals surface area (Å²) in [6, 6.07) is 0. The van der Waals surface area contributed by atoms with Crippen LogP contribution in [-0.2, 0) is 9.59 Å². The van der Waals surface area contributed by atoms with Crippen molar-refractivity contribution in [2.45, 2.75) is 72.3 Å². The summed E-state index contributed by atoms with van der Waals surface area (Å²) >= 11 is 0. The predicted octanol–water partition coefficient (Wildman–Crippen LogP) is 3.83. The van der Waals surface area contributed by atoms with Gasteiger partial charge >= 0.3 is 5.97 Å². The van der Waals surface area contributed by atoms with Crippen LogP contribution >= 0.6 is 0 Å². The number of carbonyl (C=O) groups excluding carboxylic acids is 1. The molecule has 24 heavy (non-hydrogen) atoms. The number of hydrogen-bond donors (Lipinski definition) is 2. The SMILES string of the molecule is C/C(=C/C(=O)O)CC[C@@H]1[C@@H](C)CC[C@@H]2[C@](C)(C=O)[C@@H](O)CC[C@]12C. The number of carbonyl (C=O) groups is 2. The Morgan fingerprint density at radius 3 is 2.50 bits per heavy atom. The third-order valence-electron chi connectivity index (χ3n) is 7.14. The molecule has 0 aromatic carbocycles. The quantitative estimate of drug-likeness (QED) is 0.591. The molecule has 0 saturated heterocycles. The van der Waals surface area contributed by atoms with Crippen molar-refractivity contribution in [3.8, 4) is 0 Å². The fourth-order valence-corrected chi connectivity index (χ4v) is 5.68. The summed E-state index contributed by atoms with van der Waals surface area (Å²) < 4.78 is 0. The van der Waals surface area contributed by atoms with E-state index >= 15 is 0 Å². The Morgan fingerprint density at radius 2 is 1.92 bits per heavy atom. The van der Waals surface area contributed by atoms with Crippen LogP contribution < -0.4 is 0 Å². The van der Waals surface area contributed by atoms with Gasteiger partial charge in [0.1, 0.15) is 6.29 Å². The molecule has 4 nitrogen and oxygen atoms in total. The largest absolute Gasteiger partial charge is 0.478 e. The van der Waals surface area contributed by atoms with Crippen LogP contribution in [-0.4, -0.2) is 28.6 Å². The van der Waals surface area contributed by atoms with E-state index < -0.39 is 17.5 Å². The van der Waals surface area contributed by atoms with Crippen LogP contribution in [0.5, 0.6) is 0 Å². The number of rotatable bonds is 5. The summed E-state index contributed by atoms with van der Waals surface area (Å²) in [6.45, 7) is 8.38. The molecule has 4 heteroatoms. The van der Waals surface area contributed by atoms with Crippen molar-refractivity contribution in [1.82, 2.24) is 0 Å². The van der Waals surface area contributed by atoms with E-state index in [1.165, 1.54) is 6.08 Å². The summed E-state index contributed by atoms with van der Waals surface area (Å²) in [4.78, 5) is 22.7. The van der Waals surface area contributed by atoms with Gasteiger partial charge in [-0.15, -0.1) is 0 Å². The Balaban J connectivity index is 2.24. The van der Waals surface area contributed by atoms with E-state index in [1.54, 1.807) is 0 Å². The zero-order valence-corrected chi connectivity index (χ0v) is 15.4. The Morgan fingerprint density at radius 1 is 1.25 bits per heavy atom. The lowest BCUT2D eigenvalue weighted by atomic mass is 9.45. The van der Waals surface area contributed by atoms with E-state index in [9.17, 15) is 14.7 Å². The molecule has 0 aromatic rings. The van der Waals surface area contributed by atoms with Gasteiger partial charge < -0.3 is 15.0 Å². The smallest absolute Gasteiger partial charge is 0.328 e. The average molecular weight is 336 g/mol. The number of aliphatic carboxylic acids is 1. The molecule has 2 fully saturated rings. The van der Waals surface area contributed by atoms with Crippen LogP contribution in [0.25, 0.3) is 0 Å². The first-order valence-corrected chi connectivity index (χ1v) is 9.19. The van der Waals surface area contributed by atoms with Crippen molar-refractivity contribution >= 4 is 12.3 Å². The van der Waals surface area contributed by atoms with E-state index in [1.807, 2.05) is 13.8 Å². The molecule has 2 rings (SSSR count). The zero-order valence-electron chi connectivity index (χ0n) is 15.4. The highest BCUT2D eigenvalue weighted by molar-refractivity contribution is 5.80. The fourth-order valence-electron chi connectivity index (χ4n) is 5.68. The monoisotopic (exact) mass is 336 g/mol. The van der Waals surface area contributed by atoms with Crippen molar-refractivity contribution in [1.29, 1.82) is 0 Å². The van der Waals surface area contributed by atoms with E-state index in [4.69, 9.17) is 5.11 Å². The maximum Gasteiger partial charge on any atom is 0.328 e. The van der Waals surface area contributed by atoms with Crippen LogP contribution in [0, 0.1) is 28.6 Å². The predicted molar refractivity (Wildman–Crippen MR) is 93.5 cm³/mol. The Labute approximate surface area is 145 Å². The number of allylic oxidation sites excluding steroid dienone is 1. The molecule has 2 saturated carbocycles. The van der Waals surface area contributed by atoms with Crippen molar-refractivity contribution < 1.29 is 19.8 Å². The second kappa shape index (κ2) is 6.99. The number of aldehydes is 1. The Hall–Kier alpha value is -1.16. The Kier molecular flexibility index (Phi) is 5.58. The van der Waals surface area contributed by atoms with Gasteiger partial charge in [0.15, 0.2) is 0 Å². The first-order valence-electron chi connectivity index (χ1n) is 9.19. The normalized spacial score (nSPS) is 43.1. The standard InChI is InChI=1S/C20H32O4/c1-13(11-18(23)24)5-7-15-14(2)6-8-16-19(15,3)10-9-17(22)20(16,4)12-21/h11-12,14-17,22H,5-10H2,1-4H3,(H,23,24)/b13-11-/t14-,15+,16-,17-,19+,20-/m0/s1. The molecule has 0 aromatic heterocycles. The lowest BCUT2D eigenvalue weighted by Crippen LogP contribution is -2.57. The van der Waals surface area contributed by atoms with E-state index in [0.29, 0.717) is 18.3 Å². The van der Waals surface area contributed by atoms with Crippen LogP contribution in [0.2, 0.25) is 0 Å². The first kappa shape index (κ1) is 19.2. The summed E-state index contributed by atoms with van der Waals surface area (Å²) in [5, 5.41) is 19.3. The number of aliphatic hydroxyl groups excluding tert-OH is 1. The highest BCUT2D eigenvalue weighted by atomic mass is 16.4. The molecule has 0 aliphatic heterocycles. The van der Waals surface area contributed by atoms with Crippen molar-refractivity contribution in [2.75, 3.05) is 0 Å². The summed E-state index contributed by atoms with van der Waals surface area (Å²) in [5.74, 6) is 0.342. The maximum absolute atomic E-state index is 11.8. The number of carboxylic acids is 1. The Bertz CT molecular complexity index is 526. The topological polar surface area (TPSA) is 74.6 Å². The first-order chi connectivity index (χ1) is 11.1. The van der Waals surface area contributed by atoms with Gasteiger partial charge in [-0.2, -0.15) is 0 Å². The van der Waals surface area contributed by atoms with Crippen LogP contribution in [0.3, 0.4) is 0 Å². The summed E-state index contributed by atoms with van der Waals surface area (Å²) in [5.41, 5.74) is 0.280. The van der Waals surface area contributed by atoms with Crippen molar-refractivity contribution in [2.24, 2.45) is 28.6 Å². The highest BCUT2D eigenvalue weighted by Gasteiger charge is 2.58. The molecule has 2 N–H and O–H groups in total. The molecule has 136 valence electrons. The minimum absolute atomic E-state index is 0.0378. The second-order valence-corrected chi connectivity index (χ2v) is 8.63. The third kappa shape index (κ3) is 3.30. The van der Waals surface area contributed by atoms with Crippen LogP contribution in [0.4, 0.5) is 0 Å². The van der Waals surface area contributed by atoms with Gasteiger partial charge in [0.25, 0.3) is 0 Å². The third-order valence-corrected chi connectivity index (χ3v) is 7.14. The van der Waals surface area contributed by atoms with Gasteiger partial charge in [-0.05, 0) is 62.2 Å². The lowest BCUT2D eigenvalue weighted by Gasteiger charge is -2.59. The summed E-state index contributed by atoms with van der Waals surface area (Å²) in [6.07, 6.45) is 7.16. The highest BCUT2D eigenvalue weighted by Crippen LogP contribution is 2.61. The van der Waals surface area contributed by atoms with E-state index in [0.717, 1.165) is 44.0 Å². The number of carboxylic acid groups (broad SMARTS) is 1. The fraction of sp³-hybridized carbons (Fsp3) is 0.800. The minimum Gasteiger partial charge on any atom is -0.478 e. The second-order valence-electron chi connectivity index (χ2n) is 8.63. The van der Waals surface area contributed by atoms with E-state index in [2.05, 4.69) is 13.8 Å². The number of fused-ring (bicyclic) bond motifs is 1. The molecular weight excluding hydrogens is 304 g/mol. The number of aliphatic hydroxyl groups is 1. The molecule has 0 radical (unpaired) electrons. The molecule has 0 unspecified atom stereocenters. The van der Waals surface area contributed by atoms with Gasteiger partial charge in [0.05, 0.1) is 11.5 Å². The molecule has 2 aliphatic rings. The van der Waals surface area contributed by atoms with Gasteiger partial charge in [0.2, 0.25) is 0 Å². The zero-order chi connectivity index (χ0) is 18.1. The molecule has 0 amide bonds. The molecule has 6 atom stereocenters. The van der Waals surface area contributed by atoms with Crippen molar-refractivity contribution in [3.63, 3.8) is 0 Å². The molecule has 0 spiro atoms. The van der Waals surface area contributed by atoms with Gasteiger partial charge in [-0.1, -0.05) is 32.8 Å². The maximum atomic E-state index is 11.8. The molecule has 0 bridgehead atoms. The van der Waals surface area contributed by atoms with Crippen LogP contribution in [0.15, 0.2) is 11.6 Å². The van der Waals surface area contributed by atoms with Crippen molar-refractivity contribution in [3.05, 3.63) is 11.6 Å².